The van der Waals surface area contributed by atoms with Gasteiger partial charge >= 0.3 is 0 Å². The normalized spacial score (nSPS) is 10.1. The lowest BCUT2D eigenvalue weighted by Crippen LogP contribution is -1.85. The molecule has 0 spiro atoms. The Balaban J connectivity index is 2.69. The molecule has 2 aromatic heterocycles. The van der Waals surface area contributed by atoms with Gasteiger partial charge in [0.15, 0.2) is 0 Å². The highest BCUT2D eigenvalue weighted by atomic mass is 79.9. The van der Waals surface area contributed by atoms with Gasteiger partial charge < -0.3 is 4.98 Å². The number of hydrogen-bond donors (Lipinski definition) is 1. The number of H-pyrrole nitrogens is 1. The summed E-state index contributed by atoms with van der Waals surface area (Å²) in [5.74, 6) is 5.83. The molecule has 0 aliphatic heterocycles. The van der Waals surface area contributed by atoms with Crippen LogP contribution in [-0.2, 0) is 0 Å². The molecule has 0 fully saturated rings. The van der Waals surface area contributed by atoms with Gasteiger partial charge in [-0.15, -0.1) is 0 Å². The first-order valence-electron chi connectivity index (χ1n) is 3.97. The van der Waals surface area contributed by atoms with Gasteiger partial charge in [0.2, 0.25) is 5.28 Å². The van der Waals surface area contributed by atoms with E-state index in [1.54, 1.807) is 6.20 Å². The van der Waals surface area contributed by atoms with Crippen molar-refractivity contribution in [2.45, 2.75) is 0 Å². The fraction of sp³-hybridized carbons (Fsp3) is 0.111. The summed E-state index contributed by atoms with van der Waals surface area (Å²) in [6.45, 7) is 0. The van der Waals surface area contributed by atoms with Crippen LogP contribution in [0.5, 0.6) is 0 Å². The molecule has 0 bridgehead atoms. The van der Waals surface area contributed by atoms with Crippen LogP contribution < -0.4 is 0 Å². The lowest BCUT2D eigenvalue weighted by Gasteiger charge is -1.94. The summed E-state index contributed by atoms with van der Waals surface area (Å²) >= 11 is 14.8. The predicted molar refractivity (Wildman–Crippen MR) is 64.6 cm³/mol. The highest BCUT2D eigenvalue weighted by Crippen LogP contribution is 2.24. The van der Waals surface area contributed by atoms with Crippen molar-refractivity contribution >= 4 is 50.2 Å². The minimum atomic E-state index is 0.120. The maximum Gasteiger partial charge on any atom is 0.225 e. The van der Waals surface area contributed by atoms with Gasteiger partial charge in [0, 0.05) is 6.20 Å². The molecule has 0 aliphatic carbocycles. The van der Waals surface area contributed by atoms with Crippen molar-refractivity contribution in [3.8, 4) is 11.8 Å². The van der Waals surface area contributed by atoms with E-state index in [2.05, 4.69) is 42.7 Å². The van der Waals surface area contributed by atoms with Gasteiger partial charge in [-0.3, -0.25) is 0 Å². The standard InChI is InChI=1S/C9H4BrCl2N3/c10-3-1-2-5-4-13-8-6(5)7(11)14-9(12)15-8/h4H,3H2,(H,13,14,15). The van der Waals surface area contributed by atoms with Crippen molar-refractivity contribution in [2.24, 2.45) is 0 Å². The summed E-state index contributed by atoms with van der Waals surface area (Å²) in [6, 6.07) is 0. The molecular weight excluding hydrogens is 301 g/mol. The molecule has 3 nitrogen and oxygen atoms in total. The van der Waals surface area contributed by atoms with Gasteiger partial charge in [-0.1, -0.05) is 39.4 Å². The second-order valence-electron chi connectivity index (χ2n) is 2.64. The molecule has 0 aliphatic rings. The first-order valence-corrected chi connectivity index (χ1v) is 5.85. The SMILES string of the molecule is Clc1nc(Cl)c2c(C#CCBr)c[nH]c2n1. The first kappa shape index (κ1) is 10.7. The molecule has 15 heavy (non-hydrogen) atoms. The largest absolute Gasteiger partial charge is 0.345 e. The zero-order valence-electron chi connectivity index (χ0n) is 7.31. The third-order valence-electron chi connectivity index (χ3n) is 1.75. The van der Waals surface area contributed by atoms with Crippen LogP contribution in [-0.4, -0.2) is 20.3 Å². The molecule has 1 N–H and O–H groups in total. The van der Waals surface area contributed by atoms with E-state index in [1.807, 2.05) is 0 Å². The van der Waals surface area contributed by atoms with E-state index in [-0.39, 0.29) is 5.28 Å². The number of aromatic amines is 1. The molecule has 0 atom stereocenters. The number of rotatable bonds is 0. The van der Waals surface area contributed by atoms with Gasteiger partial charge in [0.1, 0.15) is 10.8 Å². The van der Waals surface area contributed by atoms with Gasteiger partial charge in [-0.25, -0.2) is 4.98 Å². The number of hydrogen-bond acceptors (Lipinski definition) is 2. The van der Waals surface area contributed by atoms with Gasteiger partial charge in [0.05, 0.1) is 16.3 Å². The summed E-state index contributed by atoms with van der Waals surface area (Å²) in [5, 5.41) is 1.74. The monoisotopic (exact) mass is 303 g/mol. The maximum absolute atomic E-state index is 5.95. The van der Waals surface area contributed by atoms with Crippen molar-refractivity contribution in [1.29, 1.82) is 0 Å². The van der Waals surface area contributed by atoms with Crippen LogP contribution in [0.4, 0.5) is 0 Å². The second-order valence-corrected chi connectivity index (χ2v) is 3.90. The van der Waals surface area contributed by atoms with Crippen LogP contribution in [0, 0.1) is 11.8 Å². The van der Waals surface area contributed by atoms with E-state index >= 15 is 0 Å². The second kappa shape index (κ2) is 4.40. The molecule has 2 aromatic rings. The van der Waals surface area contributed by atoms with Crippen molar-refractivity contribution < 1.29 is 0 Å². The molecular formula is C9H4BrCl2N3. The number of fused-ring (bicyclic) bond motifs is 1. The Morgan fingerprint density at radius 1 is 1.40 bits per heavy atom. The summed E-state index contributed by atoms with van der Waals surface area (Å²) in [6.07, 6.45) is 1.73. The van der Waals surface area contributed by atoms with Crippen LogP contribution >= 0.6 is 39.1 Å². The van der Waals surface area contributed by atoms with Gasteiger partial charge in [0.25, 0.3) is 0 Å². The zero-order chi connectivity index (χ0) is 10.8. The summed E-state index contributed by atoms with van der Waals surface area (Å²) in [7, 11) is 0. The Hall–Kier alpha value is -0.760. The predicted octanol–water partition coefficient (Wildman–Crippen LogP) is 3.01. The van der Waals surface area contributed by atoms with E-state index < -0.39 is 0 Å². The Labute approximate surface area is 104 Å². The zero-order valence-corrected chi connectivity index (χ0v) is 10.4. The number of halogens is 3. The van der Waals surface area contributed by atoms with E-state index in [0.717, 1.165) is 5.56 Å². The minimum Gasteiger partial charge on any atom is -0.345 e. The molecule has 6 heteroatoms. The van der Waals surface area contributed by atoms with Crippen molar-refractivity contribution in [3.05, 3.63) is 22.2 Å². The van der Waals surface area contributed by atoms with E-state index in [0.29, 0.717) is 21.5 Å². The van der Waals surface area contributed by atoms with Crippen molar-refractivity contribution in [3.63, 3.8) is 0 Å². The van der Waals surface area contributed by atoms with E-state index in [1.165, 1.54) is 0 Å². The lowest BCUT2D eigenvalue weighted by molar-refractivity contribution is 1.20. The van der Waals surface area contributed by atoms with Crippen molar-refractivity contribution in [1.82, 2.24) is 15.0 Å². The fourth-order valence-corrected chi connectivity index (χ4v) is 1.81. The number of alkyl halides is 1. The van der Waals surface area contributed by atoms with E-state index in [9.17, 15) is 0 Å². The average molecular weight is 305 g/mol. The molecule has 2 heterocycles. The summed E-state index contributed by atoms with van der Waals surface area (Å²) < 4.78 is 0. The number of aromatic nitrogens is 3. The van der Waals surface area contributed by atoms with E-state index in [4.69, 9.17) is 23.2 Å². The molecule has 0 amide bonds. The van der Waals surface area contributed by atoms with Gasteiger partial charge in [-0.05, 0) is 11.6 Å². The molecule has 2 rings (SSSR count). The molecule has 0 unspecified atom stereocenters. The average Bonchev–Trinajstić information content (AvgIpc) is 2.58. The van der Waals surface area contributed by atoms with Crippen molar-refractivity contribution in [2.75, 3.05) is 5.33 Å². The first-order chi connectivity index (χ1) is 7.22. The highest BCUT2D eigenvalue weighted by molar-refractivity contribution is 9.09. The Morgan fingerprint density at radius 2 is 2.20 bits per heavy atom. The minimum absolute atomic E-state index is 0.120. The molecule has 0 radical (unpaired) electrons. The third-order valence-corrected chi connectivity index (χ3v) is 2.47. The van der Waals surface area contributed by atoms with Crippen LogP contribution in [0.15, 0.2) is 6.20 Å². The van der Waals surface area contributed by atoms with Crippen LogP contribution in [0.1, 0.15) is 5.56 Å². The molecule has 0 aromatic carbocycles. The van der Waals surface area contributed by atoms with Crippen LogP contribution in [0.3, 0.4) is 0 Å². The van der Waals surface area contributed by atoms with Crippen LogP contribution in [0.2, 0.25) is 10.4 Å². The Kier molecular flexibility index (Phi) is 3.15. The lowest BCUT2D eigenvalue weighted by atomic mass is 10.2. The smallest absolute Gasteiger partial charge is 0.225 e. The fourth-order valence-electron chi connectivity index (χ4n) is 1.19. The Morgan fingerprint density at radius 3 is 2.93 bits per heavy atom. The maximum atomic E-state index is 5.95. The quantitative estimate of drug-likeness (QED) is 0.352. The highest BCUT2D eigenvalue weighted by Gasteiger charge is 2.09. The summed E-state index contributed by atoms with van der Waals surface area (Å²) in [4.78, 5) is 10.8. The Bertz CT molecular complexity index is 568. The number of nitrogens with one attached hydrogen (secondary N) is 1. The molecule has 76 valence electrons. The number of nitrogens with zero attached hydrogens (tertiary/aromatic N) is 2. The topological polar surface area (TPSA) is 41.6 Å². The molecule has 0 saturated heterocycles. The van der Waals surface area contributed by atoms with Crippen LogP contribution in [0.25, 0.3) is 11.0 Å². The third kappa shape index (κ3) is 2.10. The summed E-state index contributed by atoms with van der Waals surface area (Å²) in [5.41, 5.74) is 1.37. The molecule has 0 saturated carbocycles. The van der Waals surface area contributed by atoms with Gasteiger partial charge in [-0.2, -0.15) is 4.98 Å².